The monoisotopic (exact) mass is 882 g/mol. The van der Waals surface area contributed by atoms with Crippen LogP contribution in [0.5, 0.6) is 0 Å². The lowest BCUT2D eigenvalue weighted by atomic mass is 9.90. The van der Waals surface area contributed by atoms with Crippen LogP contribution >= 0.6 is 0 Å². The fourth-order valence-corrected chi connectivity index (χ4v) is 7.26. The number of carbonyl (C=O) groups excluding carboxylic acids is 4. The van der Waals surface area contributed by atoms with Crippen LogP contribution in [0, 0.1) is 0 Å². The molecule has 0 aliphatic carbocycles. The quantitative estimate of drug-likeness (QED) is 0.0820. The predicted molar refractivity (Wildman–Crippen MR) is 231 cm³/mol. The maximum absolute atomic E-state index is 13.8. The number of amides is 4. The van der Waals surface area contributed by atoms with Crippen LogP contribution in [-0.2, 0) is 20.2 Å². The minimum atomic E-state index is -3.67. The van der Waals surface area contributed by atoms with Gasteiger partial charge in [-0.25, -0.2) is 19.9 Å². The summed E-state index contributed by atoms with van der Waals surface area (Å²) in [5.74, 6) is -1.33. The predicted octanol–water partition coefficient (Wildman–Crippen LogP) is 3.76. The molecular weight excluding hydrogens is 841 g/mol. The summed E-state index contributed by atoms with van der Waals surface area (Å²) in [4.78, 5) is 74.1. The lowest BCUT2D eigenvalue weighted by molar-refractivity contribution is 0.0532. The number of hydrogen-bond donors (Lipinski definition) is 4. The second-order valence-electron chi connectivity index (χ2n) is 14.6. The minimum Gasteiger partial charge on any atom is -0.313 e. The molecule has 2 atom stereocenters. The second-order valence-corrected chi connectivity index (χ2v) is 17.6. The molecule has 4 N–H and O–H groups in total. The number of imide groups is 2. The molecule has 0 saturated carbocycles. The first-order chi connectivity index (χ1) is 29.3. The smallest absolute Gasteiger partial charge is 0.261 e. The van der Waals surface area contributed by atoms with Crippen LogP contribution in [-0.4, -0.2) is 130 Å². The van der Waals surface area contributed by atoms with Crippen molar-refractivity contribution in [2.24, 2.45) is 0 Å². The number of hydrogen-bond acceptors (Lipinski definition) is 14. The van der Waals surface area contributed by atoms with Gasteiger partial charge >= 0.3 is 0 Å². The molecule has 322 valence electrons. The van der Waals surface area contributed by atoms with E-state index in [0.717, 1.165) is 33.0 Å². The largest absolute Gasteiger partial charge is 0.313 e. The molecule has 0 radical (unpaired) electrons. The second kappa shape index (κ2) is 18.7. The zero-order chi connectivity index (χ0) is 44.9. The number of benzene rings is 4. The van der Waals surface area contributed by atoms with Gasteiger partial charge in [0.05, 0.1) is 12.5 Å². The SMILES string of the molecule is CS(=O)(=O)O.CS(=O)(=O)O.C[C@H](CNCCNC[C@@H](C)N1C(=O)c2cccc3cc(-c4cncnc4)cc(c23)C1=O)N1C(=O)c2cccc3cc(-c4cncnc4)cc(c23)C1=O. The van der Waals surface area contributed by atoms with E-state index >= 15 is 0 Å². The van der Waals surface area contributed by atoms with Crippen molar-refractivity contribution in [1.29, 1.82) is 0 Å². The van der Waals surface area contributed by atoms with E-state index in [4.69, 9.17) is 9.11 Å². The number of nitrogens with zero attached hydrogens (tertiary/aromatic N) is 6. The summed E-state index contributed by atoms with van der Waals surface area (Å²) < 4.78 is 51.7. The molecule has 0 saturated heterocycles. The van der Waals surface area contributed by atoms with Gasteiger partial charge in [-0.05, 0) is 72.1 Å². The molecule has 0 bridgehead atoms. The number of carbonyl (C=O) groups is 4. The van der Waals surface area contributed by atoms with Crippen LogP contribution in [0.1, 0.15) is 55.3 Å². The summed E-state index contributed by atoms with van der Waals surface area (Å²) in [6, 6.07) is 17.7. The zero-order valence-corrected chi connectivity index (χ0v) is 35.5. The van der Waals surface area contributed by atoms with Crippen LogP contribution in [0.3, 0.4) is 0 Å². The Morgan fingerprint density at radius 2 is 0.855 bits per heavy atom. The number of nitrogens with one attached hydrogen (secondary N) is 2. The average Bonchev–Trinajstić information content (AvgIpc) is 3.22. The molecule has 6 aromatic rings. The van der Waals surface area contributed by atoms with Crippen molar-refractivity contribution in [2.75, 3.05) is 38.7 Å². The van der Waals surface area contributed by atoms with Crippen LogP contribution in [0.2, 0.25) is 0 Å². The Morgan fingerprint density at radius 3 is 1.19 bits per heavy atom. The highest BCUT2D eigenvalue weighted by molar-refractivity contribution is 7.85. The van der Waals surface area contributed by atoms with Crippen molar-refractivity contribution in [1.82, 2.24) is 40.4 Å². The molecule has 4 amide bonds. The van der Waals surface area contributed by atoms with Crippen molar-refractivity contribution >= 4 is 65.4 Å². The third kappa shape index (κ3) is 10.5. The highest BCUT2D eigenvalue weighted by Crippen LogP contribution is 2.36. The molecule has 20 heteroatoms. The Balaban J connectivity index is 0.000000578. The van der Waals surface area contributed by atoms with Crippen molar-refractivity contribution in [3.05, 3.63) is 120 Å². The number of aromatic nitrogens is 4. The first kappa shape index (κ1) is 45.1. The van der Waals surface area contributed by atoms with Gasteiger partial charge in [0, 0.05) is 107 Å². The van der Waals surface area contributed by atoms with E-state index in [2.05, 4.69) is 30.6 Å². The van der Waals surface area contributed by atoms with Crippen LogP contribution in [0.4, 0.5) is 0 Å². The van der Waals surface area contributed by atoms with Gasteiger partial charge in [-0.1, -0.05) is 24.3 Å². The molecule has 0 unspecified atom stereocenters. The van der Waals surface area contributed by atoms with Gasteiger partial charge in [-0.15, -0.1) is 0 Å². The Hall–Kier alpha value is -6.42. The Morgan fingerprint density at radius 1 is 0.532 bits per heavy atom. The van der Waals surface area contributed by atoms with E-state index in [9.17, 15) is 36.0 Å². The van der Waals surface area contributed by atoms with Crippen molar-refractivity contribution in [3.63, 3.8) is 0 Å². The van der Waals surface area contributed by atoms with Gasteiger partial charge in [0.15, 0.2) is 0 Å². The van der Waals surface area contributed by atoms with Crippen molar-refractivity contribution in [3.8, 4) is 22.3 Å². The highest BCUT2D eigenvalue weighted by atomic mass is 32.2. The fraction of sp³-hybridized carbons (Fsp3) is 0.238. The third-order valence-electron chi connectivity index (χ3n) is 9.78. The Bertz CT molecular complexity index is 2710. The summed E-state index contributed by atoms with van der Waals surface area (Å²) in [7, 11) is -7.33. The molecule has 4 heterocycles. The van der Waals surface area contributed by atoms with Gasteiger partial charge in [-0.2, -0.15) is 16.8 Å². The van der Waals surface area contributed by atoms with E-state index in [-0.39, 0.29) is 23.6 Å². The lowest BCUT2D eigenvalue weighted by Gasteiger charge is -2.33. The molecule has 2 aromatic heterocycles. The summed E-state index contributed by atoms with van der Waals surface area (Å²) in [5, 5.41) is 9.62. The maximum atomic E-state index is 13.8. The average molecular weight is 883 g/mol. The fourth-order valence-electron chi connectivity index (χ4n) is 7.26. The molecule has 2 aliphatic heterocycles. The van der Waals surface area contributed by atoms with E-state index in [1.54, 1.807) is 36.9 Å². The minimum absolute atomic E-state index is 0.322. The van der Waals surface area contributed by atoms with Crippen LogP contribution in [0.15, 0.2) is 98.1 Å². The summed E-state index contributed by atoms with van der Waals surface area (Å²) in [5.41, 5.74) is 5.10. The summed E-state index contributed by atoms with van der Waals surface area (Å²) in [6.07, 6.45) is 11.1. The van der Waals surface area contributed by atoms with Gasteiger partial charge < -0.3 is 10.6 Å². The zero-order valence-electron chi connectivity index (χ0n) is 33.9. The molecule has 62 heavy (non-hydrogen) atoms. The summed E-state index contributed by atoms with van der Waals surface area (Å²) >= 11 is 0. The molecule has 18 nitrogen and oxygen atoms in total. The van der Waals surface area contributed by atoms with Gasteiger partial charge in [0.1, 0.15) is 12.7 Å². The highest BCUT2D eigenvalue weighted by Gasteiger charge is 2.37. The Labute approximate surface area is 356 Å². The maximum Gasteiger partial charge on any atom is 0.261 e. The number of rotatable bonds is 11. The van der Waals surface area contributed by atoms with Crippen molar-refractivity contribution < 1.29 is 45.1 Å². The first-order valence-corrected chi connectivity index (χ1v) is 22.7. The molecule has 0 spiro atoms. The first-order valence-electron chi connectivity index (χ1n) is 19.0. The molecule has 2 aliphatic rings. The third-order valence-corrected chi connectivity index (χ3v) is 9.78. The summed E-state index contributed by atoms with van der Waals surface area (Å²) in [6.45, 7) is 5.52. The van der Waals surface area contributed by atoms with Crippen molar-refractivity contribution in [2.45, 2.75) is 25.9 Å². The van der Waals surface area contributed by atoms with E-state index < -0.39 is 32.3 Å². The van der Waals surface area contributed by atoms with Gasteiger partial charge in [-0.3, -0.25) is 38.1 Å². The molecular formula is C42H42N8O10S2. The van der Waals surface area contributed by atoms with E-state index in [1.807, 2.05) is 62.4 Å². The van der Waals surface area contributed by atoms with Gasteiger partial charge in [0.25, 0.3) is 43.9 Å². The van der Waals surface area contributed by atoms with Crippen LogP contribution < -0.4 is 10.6 Å². The lowest BCUT2D eigenvalue weighted by Crippen LogP contribution is -2.51. The normalized spacial score (nSPS) is 14.5. The molecule has 8 rings (SSSR count). The molecule has 4 aromatic carbocycles. The van der Waals surface area contributed by atoms with E-state index in [0.29, 0.717) is 71.7 Å². The van der Waals surface area contributed by atoms with E-state index in [1.165, 1.54) is 22.5 Å². The standard InChI is InChI=1S/C40H34N8O4.2CH4O3S/c1-23(47-37(49)31-7-3-5-25-11-27(29-17-43-21-44-18-29)13-33(35(25)31)39(47)51)15-41-9-10-42-16-24(2)48-38(50)32-8-4-6-26-12-28(30-19-45-22-46-20-30)14-34(36(26)32)40(48)52;2*1-5(2,3)4/h3-8,11-14,17-24,41-42H,9-10,15-16H2,1-2H3;2*1H3,(H,2,3,4)/t23-,24-;;/m1../s1. The topological polar surface area (TPSA) is 259 Å². The van der Waals surface area contributed by atoms with Gasteiger partial charge in [0.2, 0.25) is 0 Å². The molecule has 0 fully saturated rings. The van der Waals surface area contributed by atoms with Crippen LogP contribution in [0.25, 0.3) is 43.8 Å². The Kier molecular flexibility index (Phi) is 13.6.